The van der Waals surface area contributed by atoms with Crippen molar-refractivity contribution in [2.45, 2.75) is 32.4 Å². The molecule has 5 nitrogen and oxygen atoms in total. The fourth-order valence-corrected chi connectivity index (χ4v) is 4.93. The van der Waals surface area contributed by atoms with Crippen LogP contribution in [-0.4, -0.2) is 50.7 Å². The second-order valence-corrected chi connectivity index (χ2v) is 8.20. The molecule has 2 aromatic rings. The van der Waals surface area contributed by atoms with Gasteiger partial charge in [0.25, 0.3) is 0 Å². The Morgan fingerprint density at radius 2 is 2.04 bits per heavy atom. The zero-order valence-corrected chi connectivity index (χ0v) is 14.6. The highest BCUT2D eigenvalue weighted by Crippen LogP contribution is 2.39. The highest BCUT2D eigenvalue weighted by molar-refractivity contribution is 7.09. The summed E-state index contributed by atoms with van der Waals surface area (Å²) in [5, 5.41) is 7.64. The van der Waals surface area contributed by atoms with Crippen LogP contribution >= 0.6 is 11.3 Å². The van der Waals surface area contributed by atoms with Crippen molar-refractivity contribution in [1.82, 2.24) is 24.6 Å². The molecule has 1 spiro atoms. The zero-order chi connectivity index (χ0) is 15.7. The molecule has 6 heteroatoms. The summed E-state index contributed by atoms with van der Waals surface area (Å²) in [6, 6.07) is 0. The summed E-state index contributed by atoms with van der Waals surface area (Å²) in [4.78, 5) is 9.68. The molecule has 0 saturated carbocycles. The first kappa shape index (κ1) is 15.3. The van der Waals surface area contributed by atoms with Gasteiger partial charge in [-0.1, -0.05) is 0 Å². The summed E-state index contributed by atoms with van der Waals surface area (Å²) in [7, 11) is 1.99. The Balaban J connectivity index is 1.37. The molecular formula is C17H25N5S. The van der Waals surface area contributed by atoms with Crippen LogP contribution in [-0.2, 0) is 20.1 Å². The minimum Gasteiger partial charge on any atom is -0.298 e. The second kappa shape index (κ2) is 6.34. The summed E-state index contributed by atoms with van der Waals surface area (Å²) in [5.74, 6) is 0. The Morgan fingerprint density at radius 3 is 2.78 bits per heavy atom. The van der Waals surface area contributed by atoms with E-state index in [1.807, 2.05) is 24.1 Å². The lowest BCUT2D eigenvalue weighted by atomic mass is 9.79. The Morgan fingerprint density at radius 1 is 1.17 bits per heavy atom. The molecule has 0 aromatic carbocycles. The standard InChI is InChI=1S/C17H25N5S/c1-20-10-15(9-19-20)11-21-6-2-3-17(13-21)4-7-22(14-17)12-16-18-5-8-23-16/h5,8-10H,2-4,6-7,11-14H2,1H3. The van der Waals surface area contributed by atoms with E-state index in [0.717, 1.165) is 13.1 Å². The van der Waals surface area contributed by atoms with Crippen LogP contribution in [0.1, 0.15) is 29.8 Å². The number of likely N-dealkylation sites (tertiary alicyclic amines) is 2. The summed E-state index contributed by atoms with van der Waals surface area (Å²) >= 11 is 1.78. The number of hydrogen-bond acceptors (Lipinski definition) is 5. The smallest absolute Gasteiger partial charge is 0.107 e. The van der Waals surface area contributed by atoms with Crippen LogP contribution in [0.2, 0.25) is 0 Å². The van der Waals surface area contributed by atoms with Crippen molar-refractivity contribution < 1.29 is 0 Å². The summed E-state index contributed by atoms with van der Waals surface area (Å²) in [5.41, 5.74) is 1.83. The van der Waals surface area contributed by atoms with Gasteiger partial charge < -0.3 is 0 Å². The third kappa shape index (κ3) is 3.49. The maximum Gasteiger partial charge on any atom is 0.107 e. The van der Waals surface area contributed by atoms with Crippen LogP contribution in [0.15, 0.2) is 24.0 Å². The zero-order valence-electron chi connectivity index (χ0n) is 13.8. The molecule has 4 rings (SSSR count). The number of aromatic nitrogens is 3. The Hall–Kier alpha value is -1.24. The topological polar surface area (TPSA) is 37.2 Å². The molecule has 2 saturated heterocycles. The molecule has 0 amide bonds. The van der Waals surface area contributed by atoms with E-state index in [1.165, 1.54) is 56.0 Å². The molecule has 0 aliphatic carbocycles. The fraction of sp³-hybridized carbons (Fsp3) is 0.647. The summed E-state index contributed by atoms with van der Waals surface area (Å²) < 4.78 is 1.90. The van der Waals surface area contributed by atoms with Crippen molar-refractivity contribution in [3.8, 4) is 0 Å². The normalized spacial score (nSPS) is 26.3. The van der Waals surface area contributed by atoms with Crippen molar-refractivity contribution >= 4 is 11.3 Å². The van der Waals surface area contributed by atoms with Gasteiger partial charge in [-0.15, -0.1) is 11.3 Å². The molecule has 124 valence electrons. The van der Waals surface area contributed by atoms with Gasteiger partial charge in [-0.3, -0.25) is 14.5 Å². The van der Waals surface area contributed by atoms with E-state index in [0.29, 0.717) is 5.41 Å². The molecule has 0 N–H and O–H groups in total. The fourth-order valence-electron chi connectivity index (χ4n) is 4.27. The average Bonchev–Trinajstić information content (AvgIpc) is 3.24. The first-order valence-electron chi connectivity index (χ1n) is 8.51. The van der Waals surface area contributed by atoms with Crippen molar-refractivity contribution in [2.75, 3.05) is 26.2 Å². The van der Waals surface area contributed by atoms with Gasteiger partial charge in [0, 0.05) is 50.0 Å². The van der Waals surface area contributed by atoms with Gasteiger partial charge >= 0.3 is 0 Å². The lowest BCUT2D eigenvalue weighted by Crippen LogP contribution is -2.44. The van der Waals surface area contributed by atoms with Crippen molar-refractivity contribution in [3.63, 3.8) is 0 Å². The summed E-state index contributed by atoms with van der Waals surface area (Å²) in [6.07, 6.45) is 10.1. The number of nitrogens with zero attached hydrogens (tertiary/aromatic N) is 5. The Kier molecular flexibility index (Phi) is 4.22. The van der Waals surface area contributed by atoms with Gasteiger partial charge in [0.1, 0.15) is 5.01 Å². The molecule has 4 heterocycles. The molecular weight excluding hydrogens is 306 g/mol. The van der Waals surface area contributed by atoms with Crippen LogP contribution in [0.5, 0.6) is 0 Å². The van der Waals surface area contributed by atoms with Crippen molar-refractivity contribution in [2.24, 2.45) is 12.5 Å². The van der Waals surface area contributed by atoms with E-state index < -0.39 is 0 Å². The lowest BCUT2D eigenvalue weighted by Gasteiger charge is -2.40. The summed E-state index contributed by atoms with van der Waals surface area (Å²) in [6.45, 7) is 6.99. The Bertz CT molecular complexity index is 637. The number of piperidine rings is 1. The molecule has 0 radical (unpaired) electrons. The van der Waals surface area contributed by atoms with Crippen molar-refractivity contribution in [3.05, 3.63) is 34.5 Å². The van der Waals surface area contributed by atoms with Gasteiger partial charge in [0.2, 0.25) is 0 Å². The van der Waals surface area contributed by atoms with Gasteiger partial charge in [-0.05, 0) is 37.8 Å². The third-order valence-electron chi connectivity index (χ3n) is 5.26. The largest absolute Gasteiger partial charge is 0.298 e. The van der Waals surface area contributed by atoms with Crippen molar-refractivity contribution in [1.29, 1.82) is 0 Å². The van der Waals surface area contributed by atoms with Gasteiger partial charge in [0.05, 0.1) is 12.7 Å². The van der Waals surface area contributed by atoms with Gasteiger partial charge in [-0.25, -0.2) is 4.98 Å². The monoisotopic (exact) mass is 331 g/mol. The van der Waals surface area contributed by atoms with Crippen LogP contribution in [0.3, 0.4) is 0 Å². The molecule has 0 bridgehead atoms. The Labute approximate surface area is 141 Å². The minimum atomic E-state index is 0.498. The molecule has 1 unspecified atom stereocenters. The molecule has 2 aliphatic rings. The van der Waals surface area contributed by atoms with Crippen LogP contribution in [0, 0.1) is 5.41 Å². The predicted octanol–water partition coefficient (Wildman–Crippen LogP) is 2.36. The van der Waals surface area contributed by atoms with E-state index in [9.17, 15) is 0 Å². The average molecular weight is 331 g/mol. The molecule has 2 aliphatic heterocycles. The first-order chi connectivity index (χ1) is 11.2. The second-order valence-electron chi connectivity index (χ2n) is 7.22. The maximum atomic E-state index is 4.44. The van der Waals surface area contributed by atoms with E-state index in [-0.39, 0.29) is 0 Å². The van der Waals surface area contributed by atoms with E-state index in [4.69, 9.17) is 0 Å². The lowest BCUT2D eigenvalue weighted by molar-refractivity contribution is 0.0866. The predicted molar refractivity (Wildman–Crippen MR) is 92.2 cm³/mol. The van der Waals surface area contributed by atoms with Crippen LogP contribution in [0.4, 0.5) is 0 Å². The number of rotatable bonds is 4. The van der Waals surface area contributed by atoms with Crippen LogP contribution in [0.25, 0.3) is 0 Å². The highest BCUT2D eigenvalue weighted by Gasteiger charge is 2.41. The SMILES string of the molecule is Cn1cc(CN2CCCC3(CCN(Cc4nccs4)C3)C2)cn1. The molecule has 2 fully saturated rings. The molecule has 1 atom stereocenters. The quantitative estimate of drug-likeness (QED) is 0.862. The van der Waals surface area contributed by atoms with Gasteiger partial charge in [0.15, 0.2) is 0 Å². The number of hydrogen-bond donors (Lipinski definition) is 0. The van der Waals surface area contributed by atoms with E-state index in [2.05, 4.69) is 31.5 Å². The third-order valence-corrected chi connectivity index (χ3v) is 6.03. The molecule has 2 aromatic heterocycles. The van der Waals surface area contributed by atoms with Crippen LogP contribution < -0.4 is 0 Å². The number of thiazole rings is 1. The van der Waals surface area contributed by atoms with E-state index >= 15 is 0 Å². The highest BCUT2D eigenvalue weighted by atomic mass is 32.1. The minimum absolute atomic E-state index is 0.498. The van der Waals surface area contributed by atoms with Gasteiger partial charge in [-0.2, -0.15) is 5.10 Å². The molecule has 23 heavy (non-hydrogen) atoms. The number of aryl methyl sites for hydroxylation is 1. The van der Waals surface area contributed by atoms with E-state index in [1.54, 1.807) is 11.3 Å². The maximum absolute atomic E-state index is 4.44. The first-order valence-corrected chi connectivity index (χ1v) is 9.39.